The van der Waals surface area contributed by atoms with Crippen molar-refractivity contribution in [3.63, 3.8) is 0 Å². The molecule has 1 fully saturated rings. The Bertz CT molecular complexity index is 942. The molecule has 6 nitrogen and oxygen atoms in total. The second-order valence-corrected chi connectivity index (χ2v) is 9.67. The number of halogens is 1. The van der Waals surface area contributed by atoms with E-state index in [9.17, 15) is 13.2 Å². The fourth-order valence-corrected chi connectivity index (χ4v) is 4.76. The Hall–Kier alpha value is -1.93. The molecule has 0 saturated carbocycles. The monoisotopic (exact) mass is 435 g/mol. The second-order valence-electron chi connectivity index (χ2n) is 7.48. The van der Waals surface area contributed by atoms with E-state index in [4.69, 9.17) is 17.3 Å². The van der Waals surface area contributed by atoms with Crippen LogP contribution in [0.25, 0.3) is 0 Å². The highest BCUT2D eigenvalue weighted by atomic mass is 35.5. The predicted octanol–water partition coefficient (Wildman–Crippen LogP) is 3.16. The Labute approximate surface area is 177 Å². The summed E-state index contributed by atoms with van der Waals surface area (Å²) in [6, 6.07) is 14.1. The first-order valence-electron chi connectivity index (χ1n) is 9.55. The molecule has 2 aromatic carbocycles. The van der Waals surface area contributed by atoms with Crippen LogP contribution in [0.3, 0.4) is 0 Å². The molecule has 1 heterocycles. The van der Waals surface area contributed by atoms with Gasteiger partial charge in [0.25, 0.3) is 0 Å². The summed E-state index contributed by atoms with van der Waals surface area (Å²) in [6.07, 6.45) is 3.64. The minimum atomic E-state index is -3.34. The molecular formula is C21H26ClN3O3S. The number of anilines is 1. The lowest BCUT2D eigenvalue weighted by molar-refractivity contribution is -0.110. The van der Waals surface area contributed by atoms with Crippen LogP contribution >= 0.6 is 11.6 Å². The number of para-hydroxylation sites is 1. The van der Waals surface area contributed by atoms with Gasteiger partial charge in [0.05, 0.1) is 24.0 Å². The Morgan fingerprint density at radius 3 is 2.34 bits per heavy atom. The smallest absolute Gasteiger partial charge is 0.229 e. The highest BCUT2D eigenvalue weighted by Crippen LogP contribution is 2.36. The van der Waals surface area contributed by atoms with Gasteiger partial charge in [-0.05, 0) is 61.2 Å². The fourth-order valence-electron chi connectivity index (χ4n) is 4.05. The number of carbonyl (C=O) groups is 1. The highest BCUT2D eigenvalue weighted by molar-refractivity contribution is 7.92. The van der Waals surface area contributed by atoms with Crippen LogP contribution in [0.1, 0.15) is 35.9 Å². The zero-order valence-electron chi connectivity index (χ0n) is 16.3. The van der Waals surface area contributed by atoms with E-state index in [1.165, 1.54) is 0 Å². The zero-order chi connectivity index (χ0) is 21.0. The number of benzene rings is 2. The van der Waals surface area contributed by atoms with Crippen molar-refractivity contribution in [1.29, 1.82) is 0 Å². The largest absolute Gasteiger partial charge is 0.320 e. The van der Waals surface area contributed by atoms with Crippen molar-refractivity contribution in [2.75, 3.05) is 24.1 Å². The molecule has 0 spiro atoms. The van der Waals surface area contributed by atoms with Gasteiger partial charge in [0.1, 0.15) is 6.29 Å². The van der Waals surface area contributed by atoms with Gasteiger partial charge in [0, 0.05) is 5.02 Å². The summed E-state index contributed by atoms with van der Waals surface area (Å²) in [5.74, 6) is 0.232. The van der Waals surface area contributed by atoms with Crippen LogP contribution in [0, 0.1) is 0 Å². The molecule has 29 heavy (non-hydrogen) atoms. The van der Waals surface area contributed by atoms with Crippen LogP contribution in [0.4, 0.5) is 5.69 Å². The van der Waals surface area contributed by atoms with Gasteiger partial charge in [0.2, 0.25) is 10.0 Å². The third-order valence-corrected chi connectivity index (χ3v) is 6.19. The van der Waals surface area contributed by atoms with Gasteiger partial charge in [-0.3, -0.25) is 9.62 Å². The molecule has 0 aliphatic carbocycles. The number of aldehydes is 1. The SMILES string of the molecule is CS(=O)(=O)Nc1ccccc1C1CCN(C(c2ccc(Cl)cc2)[C@@H](N)C=O)CC1. The number of hydrogen-bond donors (Lipinski definition) is 2. The predicted molar refractivity (Wildman–Crippen MR) is 117 cm³/mol. The van der Waals surface area contributed by atoms with Crippen LogP contribution in [-0.4, -0.2) is 45.0 Å². The lowest BCUT2D eigenvalue weighted by atomic mass is 9.86. The lowest BCUT2D eigenvalue weighted by Crippen LogP contribution is -2.45. The zero-order valence-corrected chi connectivity index (χ0v) is 17.9. The van der Waals surface area contributed by atoms with Crippen molar-refractivity contribution in [1.82, 2.24) is 4.90 Å². The van der Waals surface area contributed by atoms with E-state index in [0.717, 1.165) is 49.6 Å². The summed E-state index contributed by atoms with van der Waals surface area (Å²) in [6.45, 7) is 1.51. The number of hydrogen-bond acceptors (Lipinski definition) is 5. The molecule has 3 N–H and O–H groups in total. The van der Waals surface area contributed by atoms with E-state index in [2.05, 4.69) is 9.62 Å². The number of sulfonamides is 1. The number of rotatable bonds is 7. The van der Waals surface area contributed by atoms with Crippen LogP contribution in [-0.2, 0) is 14.8 Å². The minimum Gasteiger partial charge on any atom is -0.320 e. The van der Waals surface area contributed by atoms with Crippen LogP contribution in [0.15, 0.2) is 48.5 Å². The van der Waals surface area contributed by atoms with E-state index in [0.29, 0.717) is 10.7 Å². The molecule has 1 saturated heterocycles. The van der Waals surface area contributed by atoms with Gasteiger partial charge in [-0.25, -0.2) is 8.42 Å². The maximum Gasteiger partial charge on any atom is 0.229 e. The summed E-state index contributed by atoms with van der Waals surface area (Å²) >= 11 is 6.00. The van der Waals surface area contributed by atoms with Crippen LogP contribution in [0.5, 0.6) is 0 Å². The molecular weight excluding hydrogens is 410 g/mol. The van der Waals surface area contributed by atoms with Crippen molar-refractivity contribution >= 4 is 33.6 Å². The van der Waals surface area contributed by atoms with Gasteiger partial charge in [-0.1, -0.05) is 41.9 Å². The first-order chi connectivity index (χ1) is 13.8. The Morgan fingerprint density at radius 1 is 1.14 bits per heavy atom. The number of nitrogens with two attached hydrogens (primary N) is 1. The van der Waals surface area contributed by atoms with Crippen molar-refractivity contribution in [3.05, 3.63) is 64.7 Å². The van der Waals surface area contributed by atoms with Gasteiger partial charge in [-0.2, -0.15) is 0 Å². The van der Waals surface area contributed by atoms with Crippen molar-refractivity contribution in [3.8, 4) is 0 Å². The first kappa shape index (κ1) is 21.8. The number of nitrogens with zero attached hydrogens (tertiary/aromatic N) is 1. The maximum atomic E-state index is 11.7. The summed E-state index contributed by atoms with van der Waals surface area (Å²) in [7, 11) is -3.34. The number of carbonyl (C=O) groups excluding carboxylic acids is 1. The second kappa shape index (κ2) is 9.26. The van der Waals surface area contributed by atoms with Crippen molar-refractivity contribution in [2.24, 2.45) is 5.73 Å². The van der Waals surface area contributed by atoms with Gasteiger partial charge >= 0.3 is 0 Å². The number of nitrogens with one attached hydrogen (secondary N) is 1. The summed E-state index contributed by atoms with van der Waals surface area (Å²) in [5, 5.41) is 0.640. The molecule has 3 rings (SSSR count). The fraction of sp³-hybridized carbons (Fsp3) is 0.381. The molecule has 1 unspecified atom stereocenters. The van der Waals surface area contributed by atoms with E-state index in [1.807, 2.05) is 30.3 Å². The van der Waals surface area contributed by atoms with E-state index in [-0.39, 0.29) is 12.0 Å². The van der Waals surface area contributed by atoms with Crippen molar-refractivity contribution in [2.45, 2.75) is 30.8 Å². The molecule has 156 valence electrons. The molecule has 0 radical (unpaired) electrons. The topological polar surface area (TPSA) is 92.5 Å². The summed E-state index contributed by atoms with van der Waals surface area (Å²) < 4.78 is 26.0. The average Bonchev–Trinajstić information content (AvgIpc) is 2.69. The summed E-state index contributed by atoms with van der Waals surface area (Å²) in [5.41, 5.74) is 8.73. The minimum absolute atomic E-state index is 0.213. The molecule has 0 aromatic heterocycles. The number of likely N-dealkylation sites (tertiary alicyclic amines) is 1. The standard InChI is InChI=1S/C21H26ClN3O3S/c1-29(27,28)24-20-5-3-2-4-18(20)15-10-12-25(13-11-15)21(19(23)14-26)16-6-8-17(22)9-7-16/h2-9,14-15,19,21,24H,10-13,23H2,1H3/t19-,21?/m0/s1. The molecule has 0 amide bonds. The highest BCUT2D eigenvalue weighted by Gasteiger charge is 2.31. The van der Waals surface area contributed by atoms with E-state index >= 15 is 0 Å². The maximum absolute atomic E-state index is 11.7. The Kier molecular flexibility index (Phi) is 6.95. The van der Waals surface area contributed by atoms with Crippen molar-refractivity contribution < 1.29 is 13.2 Å². The lowest BCUT2D eigenvalue weighted by Gasteiger charge is -2.39. The Morgan fingerprint density at radius 2 is 1.76 bits per heavy atom. The van der Waals surface area contributed by atoms with Gasteiger partial charge < -0.3 is 10.5 Å². The third kappa shape index (κ3) is 5.57. The normalized spacial score (nSPS) is 18.2. The van der Waals surface area contributed by atoms with E-state index in [1.54, 1.807) is 18.2 Å². The number of piperidine rings is 1. The average molecular weight is 436 g/mol. The molecule has 8 heteroatoms. The van der Waals surface area contributed by atoms with E-state index < -0.39 is 16.1 Å². The first-order valence-corrected chi connectivity index (χ1v) is 11.8. The Balaban J connectivity index is 1.77. The van der Waals surface area contributed by atoms with Crippen LogP contribution < -0.4 is 10.5 Å². The molecule has 2 atom stereocenters. The molecule has 1 aliphatic heterocycles. The molecule has 2 aromatic rings. The molecule has 1 aliphatic rings. The third-order valence-electron chi connectivity index (χ3n) is 5.35. The van der Waals surface area contributed by atoms with Gasteiger partial charge in [-0.15, -0.1) is 0 Å². The summed E-state index contributed by atoms with van der Waals surface area (Å²) in [4.78, 5) is 13.7. The van der Waals surface area contributed by atoms with Gasteiger partial charge in [0.15, 0.2) is 0 Å². The van der Waals surface area contributed by atoms with Crippen LogP contribution in [0.2, 0.25) is 5.02 Å². The molecule has 0 bridgehead atoms. The quantitative estimate of drug-likeness (QED) is 0.651.